The number of nitrogens with one attached hydrogen (secondary N) is 1. The molecule has 1 heterocycles. The fraction of sp³-hybridized carbons (Fsp3) is 0.368. The van der Waals surface area contributed by atoms with Crippen molar-refractivity contribution in [3.05, 3.63) is 35.4 Å². The third-order valence-corrected chi connectivity index (χ3v) is 5.10. The molecule has 1 aliphatic heterocycles. The van der Waals surface area contributed by atoms with Crippen LogP contribution in [0.1, 0.15) is 22.3 Å². The SMILES string of the molecule is COC(=O)C(NC(=O)c1ccc(C#CC#CCCO)cc1)C1(O)CSC1. The summed E-state index contributed by atoms with van der Waals surface area (Å²) in [5.41, 5.74) is -0.267. The van der Waals surface area contributed by atoms with E-state index in [2.05, 4.69) is 29.0 Å². The van der Waals surface area contributed by atoms with Gasteiger partial charge in [0.05, 0.1) is 13.7 Å². The Morgan fingerprint density at radius 1 is 1.31 bits per heavy atom. The van der Waals surface area contributed by atoms with Gasteiger partial charge >= 0.3 is 5.97 Å². The van der Waals surface area contributed by atoms with Crippen LogP contribution < -0.4 is 5.32 Å². The third kappa shape index (κ3) is 5.03. The first-order valence-electron chi connectivity index (χ1n) is 7.89. The molecule has 26 heavy (non-hydrogen) atoms. The predicted molar refractivity (Wildman–Crippen MR) is 98.3 cm³/mol. The summed E-state index contributed by atoms with van der Waals surface area (Å²) in [7, 11) is 1.22. The Bertz CT molecular complexity index is 778. The lowest BCUT2D eigenvalue weighted by atomic mass is 9.97. The molecule has 7 heteroatoms. The number of carbonyl (C=O) groups excluding carboxylic acids is 2. The predicted octanol–water partition coefficient (Wildman–Crippen LogP) is 0.173. The minimum Gasteiger partial charge on any atom is -0.467 e. The minimum atomic E-state index is -1.29. The zero-order valence-electron chi connectivity index (χ0n) is 14.2. The third-order valence-electron chi connectivity index (χ3n) is 3.70. The number of thioether (sulfide) groups is 1. The van der Waals surface area contributed by atoms with E-state index in [1.807, 2.05) is 0 Å². The highest BCUT2D eigenvalue weighted by Gasteiger charge is 2.48. The number of carbonyl (C=O) groups is 2. The topological polar surface area (TPSA) is 95.9 Å². The molecule has 1 unspecified atom stereocenters. The van der Waals surface area contributed by atoms with E-state index < -0.39 is 23.5 Å². The first kappa shape index (κ1) is 19.9. The number of amides is 1. The standard InChI is InChI=1S/C19H19NO5S/c1-25-18(23)16(19(24)12-26-13-19)20-17(22)15-9-7-14(8-10-15)6-4-2-3-5-11-21/h7-10,16,21,24H,5,11-13H2,1H3,(H,20,22). The van der Waals surface area contributed by atoms with Gasteiger partial charge in [-0.15, -0.1) is 0 Å². The van der Waals surface area contributed by atoms with Gasteiger partial charge < -0.3 is 20.3 Å². The van der Waals surface area contributed by atoms with E-state index in [1.54, 1.807) is 24.3 Å². The van der Waals surface area contributed by atoms with E-state index in [1.165, 1.54) is 18.9 Å². The molecule has 1 aliphatic rings. The van der Waals surface area contributed by atoms with E-state index in [0.717, 1.165) is 0 Å². The van der Waals surface area contributed by atoms with Gasteiger partial charge in [-0.25, -0.2) is 4.79 Å². The van der Waals surface area contributed by atoms with Crippen molar-refractivity contribution in [1.82, 2.24) is 5.32 Å². The summed E-state index contributed by atoms with van der Waals surface area (Å²) in [6.07, 6.45) is 0.375. The van der Waals surface area contributed by atoms with Gasteiger partial charge in [0.1, 0.15) is 5.60 Å². The Labute approximate surface area is 156 Å². The van der Waals surface area contributed by atoms with Crippen molar-refractivity contribution >= 4 is 23.6 Å². The highest BCUT2D eigenvalue weighted by Crippen LogP contribution is 2.33. The Morgan fingerprint density at radius 2 is 2.00 bits per heavy atom. The van der Waals surface area contributed by atoms with E-state index in [9.17, 15) is 14.7 Å². The molecule has 0 saturated carbocycles. The summed E-state index contributed by atoms with van der Waals surface area (Å²) in [4.78, 5) is 24.3. The molecule has 1 amide bonds. The number of hydrogen-bond donors (Lipinski definition) is 3. The van der Waals surface area contributed by atoms with E-state index in [-0.39, 0.29) is 6.61 Å². The molecule has 1 atom stereocenters. The van der Waals surface area contributed by atoms with Crippen LogP contribution in [0.5, 0.6) is 0 Å². The number of benzene rings is 1. The van der Waals surface area contributed by atoms with Crippen LogP contribution >= 0.6 is 11.8 Å². The van der Waals surface area contributed by atoms with Crippen molar-refractivity contribution in [2.75, 3.05) is 25.2 Å². The van der Waals surface area contributed by atoms with Gasteiger partial charge in [0, 0.05) is 29.1 Å². The van der Waals surface area contributed by atoms with Gasteiger partial charge in [0.15, 0.2) is 6.04 Å². The molecule has 0 bridgehead atoms. The van der Waals surface area contributed by atoms with Crippen LogP contribution in [-0.2, 0) is 9.53 Å². The number of esters is 1. The largest absolute Gasteiger partial charge is 0.467 e. The fourth-order valence-electron chi connectivity index (χ4n) is 2.19. The van der Waals surface area contributed by atoms with Crippen LogP contribution in [0.2, 0.25) is 0 Å². The van der Waals surface area contributed by atoms with Crippen molar-refractivity contribution in [1.29, 1.82) is 0 Å². The van der Waals surface area contributed by atoms with E-state index in [0.29, 0.717) is 29.1 Å². The molecule has 2 rings (SSSR count). The molecule has 6 nitrogen and oxygen atoms in total. The van der Waals surface area contributed by atoms with Gasteiger partial charge in [-0.05, 0) is 36.1 Å². The van der Waals surface area contributed by atoms with Gasteiger partial charge in [0.2, 0.25) is 0 Å². The summed E-state index contributed by atoms with van der Waals surface area (Å²) in [5.74, 6) is 10.4. The van der Waals surface area contributed by atoms with Gasteiger partial charge in [0.25, 0.3) is 5.91 Å². The molecule has 0 aliphatic carbocycles. The highest BCUT2D eigenvalue weighted by atomic mass is 32.2. The summed E-state index contributed by atoms with van der Waals surface area (Å²) < 4.78 is 4.69. The van der Waals surface area contributed by atoms with Crippen LogP contribution in [0, 0.1) is 23.7 Å². The lowest BCUT2D eigenvalue weighted by molar-refractivity contribution is -0.148. The summed E-state index contributed by atoms with van der Waals surface area (Å²) in [6, 6.07) is 5.37. The van der Waals surface area contributed by atoms with Crippen LogP contribution in [0.4, 0.5) is 0 Å². The van der Waals surface area contributed by atoms with Gasteiger partial charge in [-0.3, -0.25) is 4.79 Å². The molecule has 1 saturated heterocycles. The summed E-state index contributed by atoms with van der Waals surface area (Å²) in [5, 5.41) is 21.6. The maximum absolute atomic E-state index is 12.4. The summed E-state index contributed by atoms with van der Waals surface area (Å²) in [6.45, 7) is -0.00112. The maximum Gasteiger partial charge on any atom is 0.331 e. The maximum atomic E-state index is 12.4. The first-order valence-corrected chi connectivity index (χ1v) is 9.04. The number of rotatable bonds is 5. The molecule has 0 radical (unpaired) electrons. The fourth-order valence-corrected chi connectivity index (χ4v) is 3.15. The summed E-state index contributed by atoms with van der Waals surface area (Å²) >= 11 is 1.49. The van der Waals surface area contributed by atoms with Crippen LogP contribution in [0.25, 0.3) is 0 Å². The number of aliphatic hydroxyl groups excluding tert-OH is 1. The zero-order valence-corrected chi connectivity index (χ0v) is 15.1. The number of methoxy groups -OCH3 is 1. The zero-order chi connectivity index (χ0) is 19.0. The second-order valence-corrected chi connectivity index (χ2v) is 6.61. The molecule has 136 valence electrons. The molecule has 1 aromatic carbocycles. The second kappa shape index (κ2) is 9.30. The van der Waals surface area contributed by atoms with Crippen LogP contribution in [-0.4, -0.2) is 59.0 Å². The lowest BCUT2D eigenvalue weighted by Gasteiger charge is -2.40. The van der Waals surface area contributed by atoms with Gasteiger partial charge in [-0.2, -0.15) is 11.8 Å². The van der Waals surface area contributed by atoms with Crippen LogP contribution in [0.3, 0.4) is 0 Å². The molecular weight excluding hydrogens is 354 g/mol. The Balaban J connectivity index is 2.05. The Kier molecular flexibility index (Phi) is 7.11. The Hall–Kier alpha value is -2.45. The van der Waals surface area contributed by atoms with Crippen molar-refractivity contribution in [3.63, 3.8) is 0 Å². The number of aliphatic hydroxyl groups is 2. The number of hydrogen-bond acceptors (Lipinski definition) is 6. The van der Waals surface area contributed by atoms with Crippen molar-refractivity contribution in [2.45, 2.75) is 18.1 Å². The minimum absolute atomic E-state index is 0.00112. The van der Waals surface area contributed by atoms with Gasteiger partial charge in [-0.1, -0.05) is 11.8 Å². The monoisotopic (exact) mass is 373 g/mol. The molecule has 0 spiro atoms. The molecule has 3 N–H and O–H groups in total. The average Bonchev–Trinajstić information content (AvgIpc) is 2.63. The molecule has 1 fully saturated rings. The quantitative estimate of drug-likeness (QED) is 0.503. The molecular formula is C19H19NO5S. The average molecular weight is 373 g/mol. The van der Waals surface area contributed by atoms with Crippen molar-refractivity contribution in [3.8, 4) is 23.7 Å². The smallest absolute Gasteiger partial charge is 0.331 e. The normalized spacial score (nSPS) is 15.2. The highest BCUT2D eigenvalue weighted by molar-refractivity contribution is 8.00. The molecule has 1 aromatic rings. The van der Waals surface area contributed by atoms with Crippen molar-refractivity contribution in [2.24, 2.45) is 0 Å². The first-order chi connectivity index (χ1) is 12.5. The van der Waals surface area contributed by atoms with Crippen LogP contribution in [0.15, 0.2) is 24.3 Å². The lowest BCUT2D eigenvalue weighted by Crippen LogP contribution is -2.64. The van der Waals surface area contributed by atoms with E-state index >= 15 is 0 Å². The molecule has 0 aromatic heterocycles. The number of ether oxygens (including phenoxy) is 1. The van der Waals surface area contributed by atoms with Crippen molar-refractivity contribution < 1.29 is 24.5 Å². The second-order valence-electron chi connectivity index (χ2n) is 5.63. The van der Waals surface area contributed by atoms with E-state index in [4.69, 9.17) is 9.84 Å². The Morgan fingerprint density at radius 3 is 2.54 bits per heavy atom.